The van der Waals surface area contributed by atoms with Crippen LogP contribution in [0.15, 0.2) is 48.5 Å². The first kappa shape index (κ1) is 15.5. The third-order valence-electron chi connectivity index (χ3n) is 3.16. The lowest BCUT2D eigenvalue weighted by molar-refractivity contribution is -0.0710. The van der Waals surface area contributed by atoms with Crippen molar-refractivity contribution in [1.29, 1.82) is 0 Å². The van der Waals surface area contributed by atoms with E-state index >= 15 is 0 Å². The lowest BCUT2D eigenvalue weighted by Gasteiger charge is -2.20. The molecular weight excluding hydrogens is 283 g/mol. The maximum atomic E-state index is 12.8. The summed E-state index contributed by atoms with van der Waals surface area (Å²) in [7, 11) is 0. The number of nitrogens with two attached hydrogens (primary N) is 1. The quantitative estimate of drug-likeness (QED) is 0.508. The Balaban J connectivity index is 2.22. The fourth-order valence-corrected chi connectivity index (χ4v) is 1.89. The van der Waals surface area contributed by atoms with Gasteiger partial charge in [0.1, 0.15) is 5.82 Å². The Morgan fingerprint density at radius 2 is 1.82 bits per heavy atom. The highest BCUT2D eigenvalue weighted by Crippen LogP contribution is 2.19. The average molecular weight is 298 g/mol. The van der Waals surface area contributed by atoms with Crippen LogP contribution in [0.2, 0.25) is 0 Å². The molecule has 0 fully saturated rings. The van der Waals surface area contributed by atoms with E-state index in [9.17, 15) is 14.4 Å². The van der Waals surface area contributed by atoms with Crippen molar-refractivity contribution in [3.05, 3.63) is 71.0 Å². The Hall–Kier alpha value is -2.84. The molecule has 0 aliphatic carbocycles. The largest absolute Gasteiger partial charge is 0.350 e. The molecule has 1 atom stereocenters. The fraction of sp³-hybridized carbons (Fsp3) is 0.118. The number of hydrogen-bond acceptors (Lipinski definition) is 2. The second-order valence-electron chi connectivity index (χ2n) is 4.74. The van der Waals surface area contributed by atoms with Crippen LogP contribution < -0.4 is 5.73 Å². The van der Waals surface area contributed by atoms with Gasteiger partial charge >= 0.3 is 6.03 Å². The molecule has 2 aromatic rings. The van der Waals surface area contributed by atoms with E-state index in [1.165, 1.54) is 12.1 Å². The molecule has 0 aromatic heterocycles. The van der Waals surface area contributed by atoms with E-state index in [-0.39, 0.29) is 5.82 Å². The Morgan fingerprint density at radius 1 is 1.18 bits per heavy atom. The third-order valence-corrected chi connectivity index (χ3v) is 3.16. The minimum absolute atomic E-state index is 0.309. The van der Waals surface area contributed by atoms with Crippen molar-refractivity contribution >= 4 is 6.03 Å². The summed E-state index contributed by atoms with van der Waals surface area (Å²) in [5, 5.41) is 10.0. The smallest absolute Gasteiger partial charge is 0.339 e. The Labute approximate surface area is 127 Å². The summed E-state index contributed by atoms with van der Waals surface area (Å²) in [5.41, 5.74) is 7.15. The Morgan fingerprint density at radius 3 is 2.45 bits per heavy atom. The van der Waals surface area contributed by atoms with Crippen molar-refractivity contribution in [3.63, 3.8) is 0 Å². The van der Waals surface area contributed by atoms with Crippen LogP contribution in [0.1, 0.15) is 29.7 Å². The molecule has 0 spiro atoms. The van der Waals surface area contributed by atoms with Crippen molar-refractivity contribution in [1.82, 2.24) is 5.06 Å². The zero-order valence-corrected chi connectivity index (χ0v) is 12.0. The van der Waals surface area contributed by atoms with Crippen molar-refractivity contribution < 1.29 is 14.4 Å². The fourth-order valence-electron chi connectivity index (χ4n) is 1.89. The van der Waals surface area contributed by atoms with Crippen LogP contribution in [-0.2, 0) is 0 Å². The van der Waals surface area contributed by atoms with Gasteiger partial charge in [0.2, 0.25) is 0 Å². The van der Waals surface area contributed by atoms with Gasteiger partial charge in [-0.15, -0.1) is 0 Å². The maximum absolute atomic E-state index is 12.8. The number of benzene rings is 2. The summed E-state index contributed by atoms with van der Waals surface area (Å²) in [4.78, 5) is 11.0. The third kappa shape index (κ3) is 3.84. The monoisotopic (exact) mass is 298 g/mol. The molecular formula is C17H15FN2O2. The van der Waals surface area contributed by atoms with E-state index in [1.54, 1.807) is 43.3 Å². The lowest BCUT2D eigenvalue weighted by Crippen LogP contribution is -2.34. The second-order valence-corrected chi connectivity index (χ2v) is 4.74. The van der Waals surface area contributed by atoms with Gasteiger partial charge in [-0.2, -0.15) is 5.06 Å². The van der Waals surface area contributed by atoms with Crippen LogP contribution in [0, 0.1) is 17.7 Å². The van der Waals surface area contributed by atoms with Gasteiger partial charge in [-0.25, -0.2) is 9.18 Å². The zero-order chi connectivity index (χ0) is 16.1. The molecule has 0 aliphatic heterocycles. The topological polar surface area (TPSA) is 66.6 Å². The van der Waals surface area contributed by atoms with Gasteiger partial charge in [0, 0.05) is 11.1 Å². The molecule has 2 aromatic carbocycles. The molecule has 5 heteroatoms. The highest BCUT2D eigenvalue weighted by molar-refractivity contribution is 5.71. The molecule has 112 valence electrons. The average Bonchev–Trinajstić information content (AvgIpc) is 2.53. The normalized spacial score (nSPS) is 11.2. The molecule has 0 aliphatic rings. The minimum Gasteiger partial charge on any atom is -0.350 e. The number of primary amides is 1. The number of nitrogens with zero attached hydrogens (tertiary/aromatic N) is 1. The molecule has 1 unspecified atom stereocenters. The van der Waals surface area contributed by atoms with E-state index in [0.717, 1.165) is 0 Å². The van der Waals surface area contributed by atoms with E-state index in [4.69, 9.17) is 5.73 Å². The highest BCUT2D eigenvalue weighted by atomic mass is 19.1. The zero-order valence-electron chi connectivity index (χ0n) is 12.0. The predicted octanol–water partition coefficient (Wildman–Crippen LogP) is 3.06. The van der Waals surface area contributed by atoms with Crippen molar-refractivity contribution in [2.24, 2.45) is 5.73 Å². The molecule has 0 saturated carbocycles. The number of carbonyl (C=O) groups excluding carboxylic acids is 1. The van der Waals surface area contributed by atoms with E-state index in [1.807, 2.05) is 0 Å². The molecule has 2 amide bonds. The highest BCUT2D eigenvalue weighted by Gasteiger charge is 2.16. The van der Waals surface area contributed by atoms with Crippen LogP contribution in [0.4, 0.5) is 9.18 Å². The van der Waals surface area contributed by atoms with Gasteiger partial charge in [-0.1, -0.05) is 24.0 Å². The van der Waals surface area contributed by atoms with Gasteiger partial charge in [0.15, 0.2) is 0 Å². The van der Waals surface area contributed by atoms with E-state index in [0.29, 0.717) is 21.8 Å². The van der Waals surface area contributed by atoms with Gasteiger partial charge in [-0.3, -0.25) is 5.21 Å². The molecule has 22 heavy (non-hydrogen) atoms. The van der Waals surface area contributed by atoms with Crippen LogP contribution in [0.25, 0.3) is 0 Å². The number of amides is 2. The van der Waals surface area contributed by atoms with Crippen molar-refractivity contribution in [3.8, 4) is 11.8 Å². The summed E-state index contributed by atoms with van der Waals surface area (Å²) >= 11 is 0. The number of carbonyl (C=O) groups is 1. The lowest BCUT2D eigenvalue weighted by atomic mass is 10.0. The molecule has 0 radical (unpaired) electrons. The minimum atomic E-state index is -0.921. The summed E-state index contributed by atoms with van der Waals surface area (Å²) < 4.78 is 12.8. The standard InChI is InChI=1S/C17H15FN2O2/c1-12(20(22)17(19)21)15-4-2-3-14(11-15)6-5-13-7-9-16(18)10-8-13/h2-4,7-12,22H,1H3,(H2,19,21). The summed E-state index contributed by atoms with van der Waals surface area (Å²) in [6.07, 6.45) is 0. The number of hydrogen-bond donors (Lipinski definition) is 2. The van der Waals surface area contributed by atoms with Crippen molar-refractivity contribution in [2.45, 2.75) is 13.0 Å². The summed E-state index contributed by atoms with van der Waals surface area (Å²) in [5.74, 6) is 5.57. The van der Waals surface area contributed by atoms with Crippen LogP contribution in [0.5, 0.6) is 0 Å². The van der Waals surface area contributed by atoms with Crippen LogP contribution >= 0.6 is 0 Å². The number of hydroxylamine groups is 2. The number of urea groups is 1. The summed E-state index contributed by atoms with van der Waals surface area (Å²) in [6.45, 7) is 1.65. The number of rotatable bonds is 2. The molecule has 0 bridgehead atoms. The van der Waals surface area contributed by atoms with Crippen LogP contribution in [-0.4, -0.2) is 16.3 Å². The van der Waals surface area contributed by atoms with Gasteiger partial charge < -0.3 is 5.73 Å². The first-order valence-corrected chi connectivity index (χ1v) is 6.62. The SMILES string of the molecule is CC(c1cccc(C#Cc2ccc(F)cc2)c1)N(O)C(N)=O. The van der Waals surface area contributed by atoms with Crippen molar-refractivity contribution in [2.75, 3.05) is 0 Å². The molecule has 3 N–H and O–H groups in total. The van der Waals surface area contributed by atoms with Gasteiger partial charge in [0.25, 0.3) is 0 Å². The Bertz CT molecular complexity index is 732. The first-order chi connectivity index (χ1) is 10.5. The summed E-state index contributed by atoms with van der Waals surface area (Å²) in [6, 6.07) is 11.5. The van der Waals surface area contributed by atoms with E-state index in [2.05, 4.69) is 11.8 Å². The molecule has 4 nitrogen and oxygen atoms in total. The molecule has 0 saturated heterocycles. The second kappa shape index (κ2) is 6.74. The first-order valence-electron chi connectivity index (χ1n) is 6.62. The van der Waals surface area contributed by atoms with Gasteiger partial charge in [-0.05, 0) is 48.9 Å². The predicted molar refractivity (Wildman–Crippen MR) is 80.4 cm³/mol. The van der Waals surface area contributed by atoms with E-state index < -0.39 is 12.1 Å². The molecule has 2 rings (SSSR count). The van der Waals surface area contributed by atoms with Crippen LogP contribution in [0.3, 0.4) is 0 Å². The van der Waals surface area contributed by atoms with Gasteiger partial charge in [0.05, 0.1) is 6.04 Å². The Kier molecular flexibility index (Phi) is 4.77. The number of halogens is 1. The maximum Gasteiger partial charge on any atom is 0.339 e. The molecule has 0 heterocycles.